The number of benzene rings is 1. The van der Waals surface area contributed by atoms with Crippen LogP contribution in [0.3, 0.4) is 0 Å². The van der Waals surface area contributed by atoms with E-state index in [1.54, 1.807) is 12.1 Å². The number of halogens is 2. The van der Waals surface area contributed by atoms with E-state index in [-0.39, 0.29) is 11.9 Å². The van der Waals surface area contributed by atoms with E-state index in [0.717, 1.165) is 18.5 Å². The third kappa shape index (κ3) is 3.32. The lowest BCUT2D eigenvalue weighted by Gasteiger charge is -2.20. The van der Waals surface area contributed by atoms with E-state index in [4.69, 9.17) is 11.6 Å². The minimum Gasteiger partial charge on any atom is -0.306 e. The van der Waals surface area contributed by atoms with Crippen LogP contribution in [0.15, 0.2) is 30.4 Å². The van der Waals surface area contributed by atoms with Gasteiger partial charge in [-0.2, -0.15) is 0 Å². The van der Waals surface area contributed by atoms with Crippen LogP contribution in [-0.2, 0) is 0 Å². The predicted octanol–water partition coefficient (Wildman–Crippen LogP) is 4.10. The Labute approximate surface area is 101 Å². The second-order valence-electron chi connectivity index (χ2n) is 3.90. The van der Waals surface area contributed by atoms with E-state index in [2.05, 4.69) is 18.8 Å². The molecule has 1 aromatic rings. The maximum atomic E-state index is 13.7. The Morgan fingerprint density at radius 1 is 1.56 bits per heavy atom. The molecule has 1 unspecified atom stereocenters. The Bertz CT molecular complexity index is 376. The molecule has 1 aromatic carbocycles. The quantitative estimate of drug-likeness (QED) is 0.766. The average Bonchev–Trinajstić information content (AvgIpc) is 2.23. The van der Waals surface area contributed by atoms with Crippen molar-refractivity contribution >= 4 is 11.6 Å². The van der Waals surface area contributed by atoms with Gasteiger partial charge in [-0.25, -0.2) is 4.39 Å². The van der Waals surface area contributed by atoms with Crippen molar-refractivity contribution in [3.8, 4) is 0 Å². The number of hydrogen-bond acceptors (Lipinski definition) is 1. The number of rotatable bonds is 5. The SMILES string of the molecule is C=C(C)C(NCCC)c1cc(Cl)ccc1F. The first-order valence-electron chi connectivity index (χ1n) is 5.40. The zero-order valence-corrected chi connectivity index (χ0v) is 10.4. The van der Waals surface area contributed by atoms with Gasteiger partial charge in [-0.3, -0.25) is 0 Å². The molecule has 0 saturated carbocycles. The van der Waals surface area contributed by atoms with Crippen LogP contribution in [0.2, 0.25) is 5.02 Å². The maximum Gasteiger partial charge on any atom is 0.128 e. The van der Waals surface area contributed by atoms with Crippen LogP contribution in [0.1, 0.15) is 31.9 Å². The Morgan fingerprint density at radius 2 is 2.25 bits per heavy atom. The van der Waals surface area contributed by atoms with Crippen molar-refractivity contribution < 1.29 is 4.39 Å². The molecule has 0 spiro atoms. The van der Waals surface area contributed by atoms with Gasteiger partial charge < -0.3 is 5.32 Å². The van der Waals surface area contributed by atoms with Crippen molar-refractivity contribution in [3.63, 3.8) is 0 Å². The second kappa shape index (κ2) is 6.02. The zero-order valence-electron chi connectivity index (χ0n) is 9.69. The summed E-state index contributed by atoms with van der Waals surface area (Å²) in [7, 11) is 0. The Balaban J connectivity index is 3.00. The molecule has 0 radical (unpaired) electrons. The number of nitrogens with one attached hydrogen (secondary N) is 1. The van der Waals surface area contributed by atoms with E-state index < -0.39 is 0 Å². The smallest absolute Gasteiger partial charge is 0.128 e. The molecule has 1 rings (SSSR count). The van der Waals surface area contributed by atoms with Gasteiger partial charge >= 0.3 is 0 Å². The van der Waals surface area contributed by atoms with E-state index in [1.165, 1.54) is 6.07 Å². The topological polar surface area (TPSA) is 12.0 Å². The Kier molecular flexibility index (Phi) is 4.97. The lowest BCUT2D eigenvalue weighted by atomic mass is 10.0. The van der Waals surface area contributed by atoms with Gasteiger partial charge in [0.2, 0.25) is 0 Å². The Hall–Kier alpha value is -0.860. The predicted molar refractivity (Wildman–Crippen MR) is 67.3 cm³/mol. The van der Waals surface area contributed by atoms with Gasteiger partial charge in [0, 0.05) is 10.6 Å². The summed E-state index contributed by atoms with van der Waals surface area (Å²) in [5, 5.41) is 3.80. The van der Waals surface area contributed by atoms with Crippen LogP contribution in [0.25, 0.3) is 0 Å². The Morgan fingerprint density at radius 3 is 2.81 bits per heavy atom. The minimum absolute atomic E-state index is 0.168. The van der Waals surface area contributed by atoms with Crippen LogP contribution < -0.4 is 5.32 Å². The standard InChI is InChI=1S/C13H17ClFN/c1-4-7-16-13(9(2)3)11-8-10(14)5-6-12(11)15/h5-6,8,13,16H,2,4,7H2,1,3H3. The molecule has 0 bridgehead atoms. The third-order valence-electron chi connectivity index (χ3n) is 2.36. The first-order valence-corrected chi connectivity index (χ1v) is 5.77. The van der Waals surface area contributed by atoms with Crippen LogP contribution in [0.5, 0.6) is 0 Å². The van der Waals surface area contributed by atoms with Gasteiger partial charge in [-0.05, 0) is 38.1 Å². The summed E-state index contributed by atoms with van der Waals surface area (Å²) in [6.07, 6.45) is 0.992. The van der Waals surface area contributed by atoms with E-state index >= 15 is 0 Å². The minimum atomic E-state index is -0.249. The average molecular weight is 242 g/mol. The van der Waals surface area contributed by atoms with Crippen LogP contribution in [0, 0.1) is 5.82 Å². The summed E-state index contributed by atoms with van der Waals surface area (Å²) in [5.74, 6) is -0.249. The van der Waals surface area contributed by atoms with Crippen molar-refractivity contribution in [1.29, 1.82) is 0 Å². The van der Waals surface area contributed by atoms with E-state index in [0.29, 0.717) is 10.6 Å². The largest absolute Gasteiger partial charge is 0.306 e. The molecule has 16 heavy (non-hydrogen) atoms. The van der Waals surface area contributed by atoms with Crippen molar-refractivity contribution in [1.82, 2.24) is 5.32 Å². The van der Waals surface area contributed by atoms with Gasteiger partial charge in [0.05, 0.1) is 6.04 Å². The highest BCUT2D eigenvalue weighted by molar-refractivity contribution is 6.30. The molecule has 3 heteroatoms. The van der Waals surface area contributed by atoms with Crippen molar-refractivity contribution in [2.75, 3.05) is 6.54 Å². The molecule has 0 fully saturated rings. The number of hydrogen-bond donors (Lipinski definition) is 1. The summed E-state index contributed by atoms with van der Waals surface area (Å²) in [4.78, 5) is 0. The fourth-order valence-electron chi connectivity index (χ4n) is 1.57. The van der Waals surface area contributed by atoms with Gasteiger partial charge in [-0.15, -0.1) is 0 Å². The molecule has 88 valence electrons. The third-order valence-corrected chi connectivity index (χ3v) is 2.60. The van der Waals surface area contributed by atoms with Crippen molar-refractivity contribution in [3.05, 3.63) is 46.8 Å². The molecular formula is C13H17ClFN. The van der Waals surface area contributed by atoms with Crippen molar-refractivity contribution in [2.24, 2.45) is 0 Å². The van der Waals surface area contributed by atoms with E-state index in [1.807, 2.05) is 6.92 Å². The molecule has 0 aliphatic rings. The molecule has 0 aromatic heterocycles. The summed E-state index contributed by atoms with van der Waals surface area (Å²) >= 11 is 5.88. The second-order valence-corrected chi connectivity index (χ2v) is 4.34. The molecule has 0 aliphatic carbocycles. The van der Waals surface area contributed by atoms with Gasteiger partial charge in [0.15, 0.2) is 0 Å². The lowest BCUT2D eigenvalue weighted by molar-refractivity contribution is 0.542. The first kappa shape index (κ1) is 13.2. The molecular weight excluding hydrogens is 225 g/mol. The maximum absolute atomic E-state index is 13.7. The van der Waals surface area contributed by atoms with Gasteiger partial charge in [0.1, 0.15) is 5.82 Å². The summed E-state index contributed by atoms with van der Waals surface area (Å²) in [6.45, 7) is 8.66. The monoisotopic (exact) mass is 241 g/mol. The van der Waals surface area contributed by atoms with Crippen LogP contribution in [0.4, 0.5) is 4.39 Å². The van der Waals surface area contributed by atoms with Crippen LogP contribution in [-0.4, -0.2) is 6.54 Å². The normalized spacial score (nSPS) is 12.5. The fourth-order valence-corrected chi connectivity index (χ4v) is 1.75. The zero-order chi connectivity index (χ0) is 12.1. The first-order chi connectivity index (χ1) is 7.56. The summed E-state index contributed by atoms with van der Waals surface area (Å²) in [5.41, 5.74) is 1.45. The van der Waals surface area contributed by atoms with Gasteiger partial charge in [-0.1, -0.05) is 30.7 Å². The van der Waals surface area contributed by atoms with Crippen LogP contribution >= 0.6 is 11.6 Å². The summed E-state index contributed by atoms with van der Waals surface area (Å²) < 4.78 is 13.7. The lowest BCUT2D eigenvalue weighted by Crippen LogP contribution is -2.23. The highest BCUT2D eigenvalue weighted by Gasteiger charge is 2.15. The highest BCUT2D eigenvalue weighted by Crippen LogP contribution is 2.25. The van der Waals surface area contributed by atoms with Gasteiger partial charge in [0.25, 0.3) is 0 Å². The fraction of sp³-hybridized carbons (Fsp3) is 0.385. The molecule has 0 saturated heterocycles. The van der Waals surface area contributed by atoms with E-state index in [9.17, 15) is 4.39 Å². The molecule has 1 atom stereocenters. The molecule has 0 amide bonds. The molecule has 0 heterocycles. The molecule has 0 aliphatic heterocycles. The van der Waals surface area contributed by atoms with Crippen molar-refractivity contribution in [2.45, 2.75) is 26.3 Å². The molecule has 1 nitrogen and oxygen atoms in total. The molecule has 1 N–H and O–H groups in total. The highest BCUT2D eigenvalue weighted by atomic mass is 35.5. The summed E-state index contributed by atoms with van der Waals surface area (Å²) in [6, 6.07) is 4.43.